The molecule has 3 unspecified atom stereocenters. The topological polar surface area (TPSA) is 158 Å². The lowest BCUT2D eigenvalue weighted by molar-refractivity contribution is -0.187. The molecular formula is C110H228O12. The van der Waals surface area contributed by atoms with Crippen LogP contribution in [0.5, 0.6) is 0 Å². The highest BCUT2D eigenvalue weighted by molar-refractivity contribution is 5.78. The summed E-state index contributed by atoms with van der Waals surface area (Å²) in [6.45, 7) is 58.1. The van der Waals surface area contributed by atoms with E-state index >= 15 is 0 Å². The number of esters is 6. The van der Waals surface area contributed by atoms with Crippen LogP contribution in [0.4, 0.5) is 0 Å². The van der Waals surface area contributed by atoms with E-state index in [1.54, 1.807) is 0 Å². The van der Waals surface area contributed by atoms with Crippen molar-refractivity contribution in [3.63, 3.8) is 0 Å². The van der Waals surface area contributed by atoms with Gasteiger partial charge in [-0.1, -0.05) is 273 Å². The van der Waals surface area contributed by atoms with E-state index in [0.717, 1.165) is 83.5 Å². The first-order valence-corrected chi connectivity index (χ1v) is 46.3. The summed E-state index contributed by atoms with van der Waals surface area (Å²) >= 11 is 0. The molecule has 0 amide bonds. The Balaban J connectivity index is -0.000000152. The Bertz CT molecular complexity index is 2670. The van der Waals surface area contributed by atoms with Crippen LogP contribution in [0.15, 0.2) is 0 Å². The molecule has 8 saturated carbocycles. The zero-order valence-electron chi connectivity index (χ0n) is 77.7. The second kappa shape index (κ2) is 60.7. The van der Waals surface area contributed by atoms with Gasteiger partial charge in [0.05, 0.1) is 32.5 Å². The van der Waals surface area contributed by atoms with Crippen LogP contribution >= 0.6 is 0 Å². The summed E-state index contributed by atoms with van der Waals surface area (Å²) in [5.41, 5.74) is -3.20. The van der Waals surface area contributed by atoms with Crippen LogP contribution < -0.4 is 0 Å². The van der Waals surface area contributed by atoms with E-state index < -0.39 is 0 Å². The third-order valence-electron chi connectivity index (χ3n) is 30.8. The smallest absolute Gasteiger partial charge is 0.312 e. The van der Waals surface area contributed by atoms with E-state index in [1.807, 2.05) is 104 Å². The monoisotopic (exact) mass is 1740 g/mol. The number of ether oxygens (including phenoxy) is 6. The van der Waals surface area contributed by atoms with Crippen LogP contribution in [-0.4, -0.2) is 69.4 Å². The van der Waals surface area contributed by atoms with Crippen molar-refractivity contribution in [2.24, 2.45) is 67.0 Å². The third-order valence-corrected chi connectivity index (χ3v) is 30.8. The van der Waals surface area contributed by atoms with Gasteiger partial charge in [0.1, 0.15) is 33.6 Å². The fourth-order valence-electron chi connectivity index (χ4n) is 17.9. The molecule has 2 bridgehead atoms. The Hall–Kier alpha value is -3.18. The van der Waals surface area contributed by atoms with E-state index in [2.05, 4.69) is 90.0 Å². The predicted octanol–water partition coefficient (Wildman–Crippen LogP) is 36.2. The van der Waals surface area contributed by atoms with Crippen molar-refractivity contribution in [1.29, 1.82) is 0 Å². The molecule has 0 spiro atoms. The number of rotatable bonds is 21. The summed E-state index contributed by atoms with van der Waals surface area (Å²) < 4.78 is 35.8. The van der Waals surface area contributed by atoms with Gasteiger partial charge < -0.3 is 28.4 Å². The van der Waals surface area contributed by atoms with Gasteiger partial charge in [0.2, 0.25) is 0 Å². The molecule has 0 saturated heterocycles. The fourth-order valence-corrected chi connectivity index (χ4v) is 17.9. The van der Waals surface area contributed by atoms with Crippen molar-refractivity contribution in [2.75, 3.05) is 0 Å². The maximum atomic E-state index is 12.8. The van der Waals surface area contributed by atoms with Gasteiger partial charge in [0.25, 0.3) is 0 Å². The average Bonchev–Trinajstić information content (AvgIpc) is 1.53. The molecule has 3 atom stereocenters. The minimum Gasteiger partial charge on any atom is -0.459 e. The summed E-state index contributed by atoms with van der Waals surface area (Å²) in [6, 6.07) is 0. The number of hydrogen-bond donors (Lipinski definition) is 0. The molecule has 0 heterocycles. The number of hydrogen-bond acceptors (Lipinski definition) is 12. The zero-order valence-corrected chi connectivity index (χ0v) is 77.7. The Morgan fingerprint density at radius 2 is 0.459 bits per heavy atom. The van der Waals surface area contributed by atoms with Crippen LogP contribution in [0.2, 0.25) is 0 Å². The van der Waals surface area contributed by atoms with Crippen molar-refractivity contribution in [3.05, 3.63) is 0 Å². The number of fused-ring (bicyclic) bond motifs is 2. The van der Waals surface area contributed by atoms with Gasteiger partial charge in [0.15, 0.2) is 0 Å². The quantitative estimate of drug-likeness (QED) is 0.0609. The fraction of sp³-hybridized carbons (Fsp3) is 0.945. The zero-order chi connectivity index (χ0) is 83.5. The highest BCUT2D eigenvalue weighted by Gasteiger charge is 2.69. The molecule has 122 heavy (non-hydrogen) atoms. The van der Waals surface area contributed by atoms with E-state index in [4.69, 9.17) is 28.4 Å². The summed E-state index contributed by atoms with van der Waals surface area (Å²) in [5, 5.41) is 0. The van der Waals surface area contributed by atoms with Crippen LogP contribution in [0.1, 0.15) is 578 Å². The molecule has 740 valence electrons. The van der Waals surface area contributed by atoms with Gasteiger partial charge in [-0.2, -0.15) is 0 Å². The van der Waals surface area contributed by atoms with E-state index in [9.17, 15) is 28.8 Å². The van der Waals surface area contributed by atoms with Crippen molar-refractivity contribution < 1.29 is 57.2 Å². The van der Waals surface area contributed by atoms with Gasteiger partial charge in [-0.25, -0.2) is 0 Å². The molecule has 12 heteroatoms. The SMILES string of the molecule is C.C.C.C.C.C.C.C.C.C.C.C.CCC(C)(C)C(=O)OC(C)(C)C1CCCCC1.CCC(C)(C)C(=O)OC(C)(C1CCCCC1)C1CCCCC1.CCC(C)(C)C(=O)OC1(C)CC2CCC1(C)C2(C)C.CCC(C)(C)C(=O)OC1(C)CCCCCC1.CCC(C)(C)C(=O)OC1(C)CCCCCCC1.CCC(C)(C)C(=O)OC1(C)CCCCCCCCC1. The van der Waals surface area contributed by atoms with Crippen molar-refractivity contribution in [3.8, 4) is 0 Å². The lowest BCUT2D eigenvalue weighted by atomic mass is 9.65. The summed E-state index contributed by atoms with van der Waals surface area (Å²) in [4.78, 5) is 73.9. The van der Waals surface area contributed by atoms with Gasteiger partial charge in [-0.3, -0.25) is 28.8 Å². The second-order valence-corrected chi connectivity index (χ2v) is 42.8. The van der Waals surface area contributed by atoms with Gasteiger partial charge in [-0.05, 0) is 334 Å². The molecule has 0 aromatic rings. The van der Waals surface area contributed by atoms with E-state index in [-0.39, 0.29) is 202 Å². The maximum Gasteiger partial charge on any atom is 0.312 e. The van der Waals surface area contributed by atoms with E-state index in [0.29, 0.717) is 23.7 Å². The lowest BCUT2D eigenvalue weighted by Crippen LogP contribution is -2.49. The summed E-state index contributed by atoms with van der Waals surface area (Å²) in [7, 11) is 0. The summed E-state index contributed by atoms with van der Waals surface area (Å²) in [5.74, 6) is 2.25. The molecule has 8 rings (SSSR count). The minimum absolute atomic E-state index is 0. The Labute approximate surface area is 767 Å². The number of carbonyl (C=O) groups is 6. The first-order chi connectivity index (χ1) is 50.9. The van der Waals surface area contributed by atoms with Gasteiger partial charge in [0, 0.05) is 5.41 Å². The minimum atomic E-state index is -0.370. The molecule has 8 aliphatic carbocycles. The molecule has 8 aliphatic rings. The maximum absolute atomic E-state index is 12.8. The van der Waals surface area contributed by atoms with Gasteiger partial charge in [-0.15, -0.1) is 0 Å². The third kappa shape index (κ3) is 41.3. The van der Waals surface area contributed by atoms with Crippen molar-refractivity contribution in [1.82, 2.24) is 0 Å². The molecule has 8 fully saturated rings. The Morgan fingerprint density at radius 3 is 0.680 bits per heavy atom. The molecular weight excluding hydrogens is 1510 g/mol. The molecule has 0 aromatic heterocycles. The molecule has 0 N–H and O–H groups in total. The van der Waals surface area contributed by atoms with Gasteiger partial charge >= 0.3 is 35.8 Å². The standard InChI is InChI=1S/C20H36O2.C17H30O2.C17H32O2.2C15H28O2.C14H26O2.12CH4/c1-5-19(2,3)18(21)22-20(4,16-12-8-6-9-13-16)17-14-10-7-11-15-17;1-8-14(2,3)13(18)19-17(7)11-12-9-10-16(17,6)15(12,4)5;1-5-16(2,3)15(18)19-17(4)13-11-9-7-6-8-10-12-14-17;1-6-14(2,3)13(16)17-15(4,5)12-10-8-7-9-11-12;1-5-14(2,3)13(16)17-15(4)11-9-7-6-8-10-12-15;1-5-13(2,3)12(15)16-14(4)10-8-6-7-9-11-14;;;;;;;;;;;;/h16-17H,5-15H2,1-4H3;12H,8-11H2,1-7H3;5-14H2,1-4H3;12H,6-11H2,1-5H3;5-12H2,1-4H3;5-11H2,1-4H3;12*1H4. The molecule has 0 radical (unpaired) electrons. The van der Waals surface area contributed by atoms with Crippen molar-refractivity contribution in [2.45, 2.75) is 612 Å². The molecule has 12 nitrogen and oxygen atoms in total. The highest BCUT2D eigenvalue weighted by atomic mass is 16.6. The molecule has 0 aromatic carbocycles. The number of carbonyl (C=O) groups excluding carboxylic acids is 6. The van der Waals surface area contributed by atoms with Crippen LogP contribution in [0.25, 0.3) is 0 Å². The predicted molar refractivity (Wildman–Crippen MR) is 538 cm³/mol. The highest BCUT2D eigenvalue weighted by Crippen LogP contribution is 2.71. The first-order valence-electron chi connectivity index (χ1n) is 46.3. The Morgan fingerprint density at radius 1 is 0.254 bits per heavy atom. The normalized spacial score (nSPS) is 22.2. The van der Waals surface area contributed by atoms with E-state index in [1.165, 1.54) is 212 Å². The van der Waals surface area contributed by atoms with Crippen LogP contribution in [0.3, 0.4) is 0 Å². The molecule has 0 aliphatic heterocycles. The average molecular weight is 1740 g/mol. The lowest BCUT2D eigenvalue weighted by Gasteiger charge is -2.47. The first kappa shape index (κ1) is 139. The second-order valence-electron chi connectivity index (χ2n) is 42.8. The van der Waals surface area contributed by atoms with Crippen molar-refractivity contribution >= 4 is 35.8 Å². The summed E-state index contributed by atoms with van der Waals surface area (Å²) in [6.07, 6.45) is 54.1. The largest absolute Gasteiger partial charge is 0.459 e. The Kier molecular flexibility index (Phi) is 69.2. The van der Waals surface area contributed by atoms with Crippen LogP contribution in [0, 0.1) is 67.0 Å². The van der Waals surface area contributed by atoms with Crippen LogP contribution in [-0.2, 0) is 57.2 Å².